The summed E-state index contributed by atoms with van der Waals surface area (Å²) in [5.74, 6) is 1.98. The van der Waals surface area contributed by atoms with Gasteiger partial charge < -0.3 is 24.4 Å². The van der Waals surface area contributed by atoms with Gasteiger partial charge in [-0.15, -0.1) is 0 Å². The van der Waals surface area contributed by atoms with Crippen molar-refractivity contribution in [2.24, 2.45) is 0 Å². The number of piperazine rings is 1. The van der Waals surface area contributed by atoms with E-state index in [-0.39, 0.29) is 30.7 Å². The molecule has 172 valence electrons. The summed E-state index contributed by atoms with van der Waals surface area (Å²) < 4.78 is 16.9. The number of methoxy groups -OCH3 is 1. The number of carbonyl (C=O) groups excluding carboxylic acids is 1. The molecule has 1 amide bonds. The number of hydrogen-bond acceptors (Lipinski definition) is 5. The molecular weight excluding hydrogens is 428 g/mol. The molecule has 3 heterocycles. The molecule has 0 bridgehead atoms. The summed E-state index contributed by atoms with van der Waals surface area (Å²) >= 11 is 0. The first-order chi connectivity index (χ1) is 16.7. The number of ether oxygens (including phenoxy) is 3. The Balaban J connectivity index is 1.40. The normalized spacial score (nSPS) is 22.7. The highest BCUT2D eigenvalue weighted by atomic mass is 16.7. The van der Waals surface area contributed by atoms with E-state index in [1.54, 1.807) is 7.11 Å². The molecule has 3 aromatic rings. The second kappa shape index (κ2) is 8.22. The van der Waals surface area contributed by atoms with Crippen LogP contribution in [0.5, 0.6) is 17.2 Å². The summed E-state index contributed by atoms with van der Waals surface area (Å²) in [5.41, 5.74) is 4.88. The van der Waals surface area contributed by atoms with Crippen LogP contribution >= 0.6 is 0 Å². The van der Waals surface area contributed by atoms with E-state index in [1.807, 2.05) is 53.4 Å². The van der Waals surface area contributed by atoms with Gasteiger partial charge in [-0.2, -0.15) is 0 Å². The van der Waals surface area contributed by atoms with E-state index in [2.05, 4.69) is 30.1 Å². The van der Waals surface area contributed by atoms with Crippen molar-refractivity contribution in [3.05, 3.63) is 95.6 Å². The number of carbonyl (C=O) groups is 1. The third-order valence-electron chi connectivity index (χ3n) is 7.13. The van der Waals surface area contributed by atoms with E-state index in [4.69, 9.17) is 14.2 Å². The minimum Gasteiger partial charge on any atom is -0.493 e. The molecule has 6 nitrogen and oxygen atoms in total. The molecule has 0 unspecified atom stereocenters. The molecule has 0 spiro atoms. The van der Waals surface area contributed by atoms with Crippen LogP contribution in [-0.4, -0.2) is 49.9 Å². The lowest BCUT2D eigenvalue weighted by atomic mass is 9.77. The van der Waals surface area contributed by atoms with E-state index < -0.39 is 0 Å². The molecule has 1 fully saturated rings. The van der Waals surface area contributed by atoms with Crippen LogP contribution in [0.1, 0.15) is 33.0 Å². The largest absolute Gasteiger partial charge is 0.493 e. The number of benzene rings is 3. The quantitative estimate of drug-likeness (QED) is 0.644. The van der Waals surface area contributed by atoms with Gasteiger partial charge in [0.15, 0.2) is 11.5 Å². The summed E-state index contributed by atoms with van der Waals surface area (Å²) in [6.45, 7) is 5.73. The SMILES string of the molecule is C=C(c1ccccc1)[C@H]1CN2C(=O)c3ccccc3[C@H](c3cc(OC)c4c(c3)OCO4)[C@H]2CN1. The number of nitrogens with one attached hydrogen (secondary N) is 1. The molecule has 0 aliphatic carbocycles. The van der Waals surface area contributed by atoms with E-state index >= 15 is 0 Å². The van der Waals surface area contributed by atoms with Gasteiger partial charge >= 0.3 is 0 Å². The Hall–Kier alpha value is -3.77. The molecule has 0 saturated carbocycles. The zero-order valence-electron chi connectivity index (χ0n) is 19.0. The van der Waals surface area contributed by atoms with Crippen LogP contribution in [-0.2, 0) is 0 Å². The van der Waals surface area contributed by atoms with Crippen molar-refractivity contribution in [3.8, 4) is 17.2 Å². The van der Waals surface area contributed by atoms with Crippen LogP contribution in [0.3, 0.4) is 0 Å². The zero-order chi connectivity index (χ0) is 23.2. The fraction of sp³-hybridized carbons (Fsp3) is 0.250. The van der Waals surface area contributed by atoms with Gasteiger partial charge in [0.25, 0.3) is 5.91 Å². The van der Waals surface area contributed by atoms with Crippen LogP contribution in [0.25, 0.3) is 5.57 Å². The van der Waals surface area contributed by atoms with Crippen LogP contribution in [0.4, 0.5) is 0 Å². The highest BCUT2D eigenvalue weighted by Crippen LogP contribution is 2.47. The highest BCUT2D eigenvalue weighted by Gasteiger charge is 2.44. The Morgan fingerprint density at radius 1 is 1.09 bits per heavy atom. The zero-order valence-corrected chi connectivity index (χ0v) is 19.0. The Morgan fingerprint density at radius 2 is 1.88 bits per heavy atom. The second-order valence-corrected chi connectivity index (χ2v) is 8.90. The molecule has 6 heteroatoms. The first kappa shape index (κ1) is 20.8. The first-order valence-electron chi connectivity index (χ1n) is 11.5. The molecule has 1 N–H and O–H groups in total. The van der Waals surface area contributed by atoms with Gasteiger partial charge in [-0.25, -0.2) is 0 Å². The van der Waals surface area contributed by atoms with Crippen molar-refractivity contribution in [2.45, 2.75) is 18.0 Å². The van der Waals surface area contributed by atoms with Gasteiger partial charge in [-0.3, -0.25) is 4.79 Å². The maximum absolute atomic E-state index is 13.6. The first-order valence-corrected chi connectivity index (χ1v) is 11.5. The van der Waals surface area contributed by atoms with Crippen molar-refractivity contribution in [1.29, 1.82) is 0 Å². The maximum Gasteiger partial charge on any atom is 0.254 e. The molecule has 6 rings (SSSR count). The highest BCUT2D eigenvalue weighted by molar-refractivity contribution is 5.98. The van der Waals surface area contributed by atoms with Crippen molar-refractivity contribution in [1.82, 2.24) is 10.2 Å². The van der Waals surface area contributed by atoms with Gasteiger partial charge in [0.2, 0.25) is 12.5 Å². The molecular formula is C28H26N2O4. The van der Waals surface area contributed by atoms with E-state index in [1.165, 1.54) is 0 Å². The minimum atomic E-state index is -0.0488. The van der Waals surface area contributed by atoms with Crippen LogP contribution in [0.2, 0.25) is 0 Å². The summed E-state index contributed by atoms with van der Waals surface area (Å²) in [6, 6.07) is 22.0. The Morgan fingerprint density at radius 3 is 2.71 bits per heavy atom. The number of rotatable bonds is 4. The van der Waals surface area contributed by atoms with Crippen molar-refractivity contribution in [3.63, 3.8) is 0 Å². The van der Waals surface area contributed by atoms with Crippen LogP contribution in [0.15, 0.2) is 73.3 Å². The third-order valence-corrected chi connectivity index (χ3v) is 7.13. The summed E-state index contributed by atoms with van der Waals surface area (Å²) in [7, 11) is 1.63. The summed E-state index contributed by atoms with van der Waals surface area (Å²) in [4.78, 5) is 15.7. The lowest BCUT2D eigenvalue weighted by Crippen LogP contribution is -2.62. The van der Waals surface area contributed by atoms with Crippen molar-refractivity contribution < 1.29 is 19.0 Å². The topological polar surface area (TPSA) is 60.0 Å². The molecule has 34 heavy (non-hydrogen) atoms. The number of nitrogens with zero attached hydrogens (tertiary/aromatic N) is 1. The standard InChI is InChI=1S/C28H26N2O4/c1-17(18-8-4-3-5-9-18)22-15-30-23(14-29-22)26(20-10-6-7-11-21(20)28(30)31)19-12-24(32-2)27-25(13-19)33-16-34-27/h3-13,22-23,26,29H,1,14-16H2,2H3/t22-,23-,26+/m1/s1. The molecule has 3 aliphatic heterocycles. The van der Waals surface area contributed by atoms with Gasteiger partial charge in [-0.1, -0.05) is 55.1 Å². The van der Waals surface area contributed by atoms with Gasteiger partial charge in [-0.05, 0) is 40.5 Å². The number of amides is 1. The molecule has 0 radical (unpaired) electrons. The van der Waals surface area contributed by atoms with Crippen LogP contribution in [0, 0.1) is 0 Å². The predicted octanol–water partition coefficient (Wildman–Crippen LogP) is 4.07. The Labute approximate surface area is 198 Å². The molecule has 3 aromatic carbocycles. The lowest BCUT2D eigenvalue weighted by molar-refractivity contribution is 0.0552. The lowest BCUT2D eigenvalue weighted by Gasteiger charge is -2.48. The monoisotopic (exact) mass is 454 g/mol. The van der Waals surface area contributed by atoms with E-state index in [0.717, 1.165) is 27.8 Å². The average Bonchev–Trinajstić information content (AvgIpc) is 3.37. The molecule has 3 aliphatic rings. The summed E-state index contributed by atoms with van der Waals surface area (Å²) in [6.07, 6.45) is 0. The average molecular weight is 455 g/mol. The van der Waals surface area contributed by atoms with E-state index in [9.17, 15) is 4.79 Å². The number of fused-ring (bicyclic) bond motifs is 3. The smallest absolute Gasteiger partial charge is 0.254 e. The van der Waals surface area contributed by atoms with Gasteiger partial charge in [0, 0.05) is 30.6 Å². The fourth-order valence-electron chi connectivity index (χ4n) is 5.44. The Bertz CT molecular complexity index is 1270. The summed E-state index contributed by atoms with van der Waals surface area (Å²) in [5, 5.41) is 3.67. The molecule has 0 aromatic heterocycles. The Kier molecular flexibility index (Phi) is 5.03. The van der Waals surface area contributed by atoms with Crippen molar-refractivity contribution >= 4 is 11.5 Å². The third kappa shape index (κ3) is 3.25. The maximum atomic E-state index is 13.6. The minimum absolute atomic E-state index is 0.0141. The fourth-order valence-corrected chi connectivity index (χ4v) is 5.44. The van der Waals surface area contributed by atoms with Gasteiger partial charge in [0.05, 0.1) is 13.2 Å². The predicted molar refractivity (Wildman–Crippen MR) is 129 cm³/mol. The van der Waals surface area contributed by atoms with Gasteiger partial charge in [0.1, 0.15) is 0 Å². The van der Waals surface area contributed by atoms with E-state index in [0.29, 0.717) is 30.3 Å². The second-order valence-electron chi connectivity index (χ2n) is 8.90. The van der Waals surface area contributed by atoms with Crippen molar-refractivity contribution in [2.75, 3.05) is 27.0 Å². The van der Waals surface area contributed by atoms with Crippen LogP contribution < -0.4 is 19.5 Å². The number of hydrogen-bond donors (Lipinski definition) is 1. The molecule has 1 saturated heterocycles. The molecule has 3 atom stereocenters.